The van der Waals surface area contributed by atoms with Crippen LogP contribution in [0.1, 0.15) is 30.9 Å². The summed E-state index contributed by atoms with van der Waals surface area (Å²) in [6, 6.07) is 21.7. The van der Waals surface area contributed by atoms with Crippen LogP contribution < -0.4 is 5.32 Å². The number of nitrogens with one attached hydrogen (secondary N) is 1. The predicted octanol–water partition coefficient (Wildman–Crippen LogP) is 5.39. The van der Waals surface area contributed by atoms with Crippen LogP contribution >= 0.6 is 23.2 Å². The highest BCUT2D eigenvalue weighted by molar-refractivity contribution is 6.35. The predicted molar refractivity (Wildman–Crippen MR) is 158 cm³/mol. The zero-order valence-corrected chi connectivity index (χ0v) is 23.8. The van der Waals surface area contributed by atoms with Crippen molar-refractivity contribution in [3.05, 3.63) is 87.9 Å². The average Bonchev–Trinajstić information content (AvgIpc) is 3.36. The Morgan fingerprint density at radius 1 is 1.10 bits per heavy atom. The van der Waals surface area contributed by atoms with E-state index in [-0.39, 0.29) is 24.3 Å². The molecule has 2 amide bonds. The van der Waals surface area contributed by atoms with Gasteiger partial charge in [-0.1, -0.05) is 59.6 Å². The van der Waals surface area contributed by atoms with Crippen molar-refractivity contribution < 1.29 is 14.7 Å². The molecule has 2 N–H and O–H groups in total. The lowest BCUT2D eigenvalue weighted by Gasteiger charge is -2.29. The largest absolute Gasteiger partial charge is 0.392 e. The third-order valence-corrected chi connectivity index (χ3v) is 7.54. The lowest BCUT2D eigenvalue weighted by molar-refractivity contribution is -0.138. The van der Waals surface area contributed by atoms with Crippen molar-refractivity contribution in [3.8, 4) is 17.2 Å². The molecule has 0 aromatic heterocycles. The fourth-order valence-corrected chi connectivity index (χ4v) is 5.37. The first-order valence-electron chi connectivity index (χ1n) is 13.3. The smallest absolute Gasteiger partial charge is 0.246 e. The van der Waals surface area contributed by atoms with E-state index >= 15 is 0 Å². The number of rotatable bonds is 10. The number of anilines is 1. The van der Waals surface area contributed by atoms with Gasteiger partial charge in [-0.05, 0) is 66.8 Å². The summed E-state index contributed by atoms with van der Waals surface area (Å²) >= 11 is 12.2. The maximum Gasteiger partial charge on any atom is 0.246 e. The molecule has 3 aromatic rings. The van der Waals surface area contributed by atoms with Crippen LogP contribution in [0.3, 0.4) is 0 Å². The highest BCUT2D eigenvalue weighted by Gasteiger charge is 2.27. The number of nitriles is 1. The van der Waals surface area contributed by atoms with Gasteiger partial charge in [0.15, 0.2) is 0 Å². The Labute approximate surface area is 244 Å². The maximum absolute atomic E-state index is 13.4. The van der Waals surface area contributed by atoms with Crippen molar-refractivity contribution >= 4 is 40.7 Å². The first-order valence-corrected chi connectivity index (χ1v) is 14.0. The van der Waals surface area contributed by atoms with Crippen molar-refractivity contribution in [2.75, 3.05) is 31.5 Å². The molecule has 0 aliphatic carbocycles. The summed E-state index contributed by atoms with van der Waals surface area (Å²) in [6.07, 6.45) is 1.16. The number of aliphatic hydroxyl groups excluding tert-OH is 1. The van der Waals surface area contributed by atoms with Crippen molar-refractivity contribution in [2.24, 2.45) is 0 Å². The van der Waals surface area contributed by atoms with E-state index in [9.17, 15) is 20.0 Å². The quantitative estimate of drug-likeness (QED) is 0.336. The van der Waals surface area contributed by atoms with Crippen LogP contribution in [-0.4, -0.2) is 65.0 Å². The number of hydrogen-bond acceptors (Lipinski definition) is 5. The third-order valence-electron chi connectivity index (χ3n) is 7.11. The van der Waals surface area contributed by atoms with E-state index in [0.717, 1.165) is 23.2 Å². The summed E-state index contributed by atoms with van der Waals surface area (Å²) in [5.74, 6) is -0.464. The molecule has 1 aliphatic heterocycles. The van der Waals surface area contributed by atoms with Gasteiger partial charge >= 0.3 is 0 Å². The van der Waals surface area contributed by atoms with Crippen molar-refractivity contribution in [2.45, 2.75) is 38.3 Å². The van der Waals surface area contributed by atoms with E-state index in [0.29, 0.717) is 53.8 Å². The van der Waals surface area contributed by atoms with Crippen LogP contribution in [0.2, 0.25) is 10.0 Å². The molecule has 3 aromatic carbocycles. The standard InChI is InChI=1S/C31H32Cl2N4O3/c1-21(31(40)35-28-17-26(32)16-27(33)18-28)37(30(39)11-13-36-12-10-29(38)20-36)14-9-22-5-7-24(8-6-22)25-4-2-3-23(15-25)19-34/h2-8,15-18,21,29,38H,9-14,20H2,1H3,(H,35,40)/t21?,29-/m0/s1. The molecular formula is C31H32Cl2N4O3. The molecular weight excluding hydrogens is 547 g/mol. The number of amides is 2. The lowest BCUT2D eigenvalue weighted by atomic mass is 10.0. The summed E-state index contributed by atoms with van der Waals surface area (Å²) in [5, 5.41) is 22.6. The molecule has 1 saturated heterocycles. The highest BCUT2D eigenvalue weighted by atomic mass is 35.5. The molecule has 1 aliphatic rings. The van der Waals surface area contributed by atoms with Crippen molar-refractivity contribution in [3.63, 3.8) is 0 Å². The molecule has 7 nitrogen and oxygen atoms in total. The Bertz CT molecular complexity index is 1370. The number of carbonyl (C=O) groups is 2. The van der Waals surface area contributed by atoms with Crippen LogP contribution in [0.4, 0.5) is 5.69 Å². The van der Waals surface area contributed by atoms with E-state index in [1.165, 1.54) is 0 Å². The molecule has 0 bridgehead atoms. The summed E-state index contributed by atoms with van der Waals surface area (Å²) < 4.78 is 0. The second-order valence-electron chi connectivity index (χ2n) is 10.0. The highest BCUT2D eigenvalue weighted by Crippen LogP contribution is 2.24. The number of halogens is 2. The van der Waals surface area contributed by atoms with E-state index < -0.39 is 6.04 Å². The first-order chi connectivity index (χ1) is 19.2. The monoisotopic (exact) mass is 578 g/mol. The van der Waals surface area contributed by atoms with Gasteiger partial charge < -0.3 is 20.2 Å². The summed E-state index contributed by atoms with van der Waals surface area (Å²) in [4.78, 5) is 30.3. The van der Waals surface area contributed by atoms with Gasteiger partial charge in [0.1, 0.15) is 6.04 Å². The lowest BCUT2D eigenvalue weighted by Crippen LogP contribution is -2.47. The van der Waals surface area contributed by atoms with Crippen LogP contribution in [0, 0.1) is 11.3 Å². The zero-order chi connectivity index (χ0) is 28.6. The van der Waals surface area contributed by atoms with Gasteiger partial charge in [-0.25, -0.2) is 0 Å². The molecule has 1 heterocycles. The maximum atomic E-state index is 13.4. The summed E-state index contributed by atoms with van der Waals surface area (Å²) in [5.41, 5.74) is 4.04. The number of hydrogen-bond donors (Lipinski definition) is 2. The first kappa shape index (κ1) is 29.6. The Morgan fingerprint density at radius 3 is 2.48 bits per heavy atom. The number of nitrogens with zero attached hydrogens (tertiary/aromatic N) is 3. The number of aliphatic hydroxyl groups is 1. The van der Waals surface area contributed by atoms with Gasteiger partial charge in [0.05, 0.1) is 17.7 Å². The minimum Gasteiger partial charge on any atom is -0.392 e. The molecule has 1 unspecified atom stereocenters. The van der Waals surface area contributed by atoms with Gasteiger partial charge in [-0.15, -0.1) is 0 Å². The fraction of sp³-hybridized carbons (Fsp3) is 0.323. The number of β-amino-alcohol motifs (C(OH)–C–C–N with tert-alkyl or cyclic N) is 1. The molecule has 1 fully saturated rings. The van der Waals surface area contributed by atoms with E-state index in [1.807, 2.05) is 42.5 Å². The minimum atomic E-state index is -0.734. The van der Waals surface area contributed by atoms with E-state index in [4.69, 9.17) is 23.2 Å². The molecule has 0 radical (unpaired) electrons. The SMILES string of the molecule is CC(C(=O)Nc1cc(Cl)cc(Cl)c1)N(CCc1ccc(-c2cccc(C#N)c2)cc1)C(=O)CCN1CC[C@H](O)C1. The van der Waals surface area contributed by atoms with Gasteiger partial charge in [-0.3, -0.25) is 9.59 Å². The van der Waals surface area contributed by atoms with Crippen LogP contribution in [0.5, 0.6) is 0 Å². The van der Waals surface area contributed by atoms with Crippen LogP contribution in [-0.2, 0) is 16.0 Å². The van der Waals surface area contributed by atoms with E-state index in [1.54, 1.807) is 36.1 Å². The molecule has 4 rings (SSSR count). The third kappa shape index (κ3) is 8.06. The molecule has 0 spiro atoms. The molecule has 208 valence electrons. The Morgan fingerprint density at radius 2 is 1.82 bits per heavy atom. The number of carbonyl (C=O) groups excluding carboxylic acids is 2. The van der Waals surface area contributed by atoms with Gasteiger partial charge in [0.2, 0.25) is 11.8 Å². The molecule has 2 atom stereocenters. The zero-order valence-electron chi connectivity index (χ0n) is 22.3. The van der Waals surface area contributed by atoms with E-state index in [2.05, 4.69) is 16.3 Å². The normalized spacial score (nSPS) is 15.8. The second kappa shape index (κ2) is 13.8. The number of likely N-dealkylation sites (tertiary alicyclic amines) is 1. The van der Waals surface area contributed by atoms with Gasteiger partial charge in [0.25, 0.3) is 0 Å². The van der Waals surface area contributed by atoms with Gasteiger partial charge in [0, 0.05) is 48.3 Å². The minimum absolute atomic E-state index is 0.127. The average molecular weight is 580 g/mol. The van der Waals surface area contributed by atoms with Crippen LogP contribution in [0.15, 0.2) is 66.7 Å². The molecule has 9 heteroatoms. The fourth-order valence-electron chi connectivity index (χ4n) is 4.84. The molecule has 0 saturated carbocycles. The number of benzene rings is 3. The van der Waals surface area contributed by atoms with Crippen molar-refractivity contribution in [1.29, 1.82) is 5.26 Å². The second-order valence-corrected chi connectivity index (χ2v) is 10.9. The molecule has 40 heavy (non-hydrogen) atoms. The van der Waals surface area contributed by atoms with Crippen molar-refractivity contribution in [1.82, 2.24) is 9.80 Å². The Hall–Kier alpha value is -3.41. The summed E-state index contributed by atoms with van der Waals surface area (Å²) in [6.45, 7) is 3.91. The Kier molecular flexibility index (Phi) is 10.2. The van der Waals surface area contributed by atoms with Gasteiger partial charge in [-0.2, -0.15) is 5.26 Å². The topological polar surface area (TPSA) is 96.7 Å². The Balaban J connectivity index is 1.45. The van der Waals surface area contributed by atoms with Crippen LogP contribution in [0.25, 0.3) is 11.1 Å². The summed E-state index contributed by atoms with van der Waals surface area (Å²) in [7, 11) is 0.